The normalized spacial score (nSPS) is 9.79. The molecule has 1 N–H and O–H groups in total. The van der Waals surface area contributed by atoms with Crippen molar-refractivity contribution < 1.29 is 14.0 Å². The lowest BCUT2D eigenvalue weighted by Gasteiger charge is -1.86. The van der Waals surface area contributed by atoms with E-state index in [9.17, 15) is 4.57 Å². The molecule has 0 aliphatic rings. The molecule has 0 bridgehead atoms. The minimum absolute atomic E-state index is 0.408. The third-order valence-electron chi connectivity index (χ3n) is 1.43. The summed E-state index contributed by atoms with van der Waals surface area (Å²) >= 11 is 0. The van der Waals surface area contributed by atoms with Crippen molar-refractivity contribution in [2.75, 3.05) is 0 Å². The fourth-order valence-corrected chi connectivity index (χ4v) is 0.874. The maximum Gasteiger partial charge on any atom is 0.747 e. The van der Waals surface area contributed by atoms with E-state index in [0.29, 0.717) is 5.75 Å². The quantitative estimate of drug-likeness (QED) is 0.784. The first-order valence-corrected chi connectivity index (χ1v) is 5.72. The molecular weight excluding hydrogens is 199 g/mol. The maximum absolute atomic E-state index is 10.1. The van der Waals surface area contributed by atoms with Crippen LogP contribution in [-0.4, -0.2) is 4.89 Å². The molecule has 0 aliphatic heterocycles. The predicted molar refractivity (Wildman–Crippen MR) is 57.5 cm³/mol. The molecule has 0 spiro atoms. The van der Waals surface area contributed by atoms with Crippen LogP contribution >= 0.6 is 8.25 Å². The van der Waals surface area contributed by atoms with Crippen molar-refractivity contribution in [2.45, 2.75) is 26.7 Å². The van der Waals surface area contributed by atoms with E-state index in [1.54, 1.807) is 30.3 Å². The SMILES string of the molecule is CCCC.O=[P+](O)Oc1ccccc1. The number of benzene rings is 1. The summed E-state index contributed by atoms with van der Waals surface area (Å²) in [7, 11) is -2.53. The first-order valence-electron chi connectivity index (χ1n) is 4.59. The first kappa shape index (κ1) is 13.1. The van der Waals surface area contributed by atoms with Crippen molar-refractivity contribution in [3.8, 4) is 5.75 Å². The van der Waals surface area contributed by atoms with Gasteiger partial charge in [0.15, 0.2) is 5.75 Å². The van der Waals surface area contributed by atoms with Gasteiger partial charge in [-0.3, -0.25) is 0 Å². The van der Waals surface area contributed by atoms with Gasteiger partial charge in [0, 0.05) is 4.57 Å². The van der Waals surface area contributed by atoms with E-state index in [-0.39, 0.29) is 0 Å². The average Bonchev–Trinajstić information content (AvgIpc) is 2.19. The molecule has 1 atom stereocenters. The lowest BCUT2D eigenvalue weighted by Crippen LogP contribution is -1.77. The molecule has 4 heteroatoms. The molecule has 1 aromatic rings. The van der Waals surface area contributed by atoms with Crippen LogP contribution in [0.4, 0.5) is 0 Å². The van der Waals surface area contributed by atoms with Gasteiger partial charge in [-0.25, -0.2) is 4.52 Å². The van der Waals surface area contributed by atoms with Crippen molar-refractivity contribution in [2.24, 2.45) is 0 Å². The summed E-state index contributed by atoms with van der Waals surface area (Å²) in [5.41, 5.74) is 0. The molecule has 0 aromatic heterocycles. The molecule has 0 amide bonds. The van der Waals surface area contributed by atoms with Crippen molar-refractivity contribution in [3.05, 3.63) is 30.3 Å². The fraction of sp³-hybridized carbons (Fsp3) is 0.400. The second kappa shape index (κ2) is 8.67. The fourth-order valence-electron chi connectivity index (χ4n) is 0.572. The van der Waals surface area contributed by atoms with Crippen molar-refractivity contribution in [1.29, 1.82) is 0 Å². The zero-order chi connectivity index (χ0) is 10.8. The van der Waals surface area contributed by atoms with Gasteiger partial charge < -0.3 is 0 Å². The first-order chi connectivity index (χ1) is 6.70. The zero-order valence-corrected chi connectivity index (χ0v) is 9.41. The number of para-hydroxylation sites is 1. The summed E-state index contributed by atoms with van der Waals surface area (Å²) in [5.74, 6) is 0.408. The van der Waals surface area contributed by atoms with E-state index in [4.69, 9.17) is 4.89 Å². The lowest BCUT2D eigenvalue weighted by molar-refractivity contribution is 0.410. The Morgan fingerprint density at radius 2 is 1.71 bits per heavy atom. The second-order valence-corrected chi connectivity index (χ2v) is 3.30. The smallest absolute Gasteiger partial charge is 0.229 e. The van der Waals surface area contributed by atoms with Gasteiger partial charge in [0.25, 0.3) is 0 Å². The van der Waals surface area contributed by atoms with Crippen LogP contribution in [0.3, 0.4) is 0 Å². The summed E-state index contributed by atoms with van der Waals surface area (Å²) in [5, 5.41) is 0. The molecule has 0 fully saturated rings. The number of rotatable bonds is 3. The summed E-state index contributed by atoms with van der Waals surface area (Å²) < 4.78 is 14.6. The largest absolute Gasteiger partial charge is 0.747 e. The Hall–Kier alpha value is -0.920. The van der Waals surface area contributed by atoms with Crippen LogP contribution in [0.1, 0.15) is 26.7 Å². The Kier molecular flexibility index (Phi) is 8.10. The number of hydrogen-bond donors (Lipinski definition) is 1. The molecule has 78 valence electrons. The van der Waals surface area contributed by atoms with Crippen LogP contribution in [0.5, 0.6) is 5.75 Å². The molecular formula is C10H16O3P+. The van der Waals surface area contributed by atoms with Crippen LogP contribution in [0.15, 0.2) is 30.3 Å². The highest BCUT2D eigenvalue weighted by atomic mass is 31.1. The summed E-state index contributed by atoms with van der Waals surface area (Å²) in [6.45, 7) is 4.36. The van der Waals surface area contributed by atoms with Gasteiger partial charge >= 0.3 is 8.25 Å². The van der Waals surface area contributed by atoms with Gasteiger partial charge in [-0.05, 0) is 12.1 Å². The highest BCUT2D eigenvalue weighted by Crippen LogP contribution is 2.21. The Morgan fingerprint density at radius 3 is 2.07 bits per heavy atom. The molecule has 3 nitrogen and oxygen atoms in total. The Balaban J connectivity index is 0.000000364. The Bertz CT molecular complexity index is 247. The van der Waals surface area contributed by atoms with E-state index >= 15 is 0 Å². The predicted octanol–water partition coefficient (Wildman–Crippen LogP) is 3.52. The highest BCUT2D eigenvalue weighted by Gasteiger charge is 2.12. The maximum atomic E-state index is 10.1. The summed E-state index contributed by atoms with van der Waals surface area (Å²) in [6.07, 6.45) is 2.64. The van der Waals surface area contributed by atoms with Crippen molar-refractivity contribution in [1.82, 2.24) is 0 Å². The summed E-state index contributed by atoms with van der Waals surface area (Å²) in [4.78, 5) is 8.29. The topological polar surface area (TPSA) is 46.5 Å². The molecule has 0 saturated carbocycles. The molecule has 1 unspecified atom stereocenters. The average molecular weight is 215 g/mol. The molecule has 1 aromatic carbocycles. The van der Waals surface area contributed by atoms with Gasteiger partial charge in [0.1, 0.15) is 0 Å². The Labute approximate surface area is 85.7 Å². The van der Waals surface area contributed by atoms with Gasteiger partial charge in [-0.1, -0.05) is 44.9 Å². The molecule has 0 saturated heterocycles. The monoisotopic (exact) mass is 215 g/mol. The molecule has 1 rings (SSSR count). The van der Waals surface area contributed by atoms with Crippen LogP contribution in [-0.2, 0) is 4.57 Å². The van der Waals surface area contributed by atoms with Crippen molar-refractivity contribution >= 4 is 8.25 Å². The molecule has 0 heterocycles. The van der Waals surface area contributed by atoms with Gasteiger partial charge in [0.05, 0.1) is 0 Å². The van der Waals surface area contributed by atoms with Crippen LogP contribution in [0, 0.1) is 0 Å². The Morgan fingerprint density at radius 1 is 1.21 bits per heavy atom. The van der Waals surface area contributed by atoms with E-state index in [0.717, 1.165) is 0 Å². The molecule has 0 radical (unpaired) electrons. The highest BCUT2D eigenvalue weighted by molar-refractivity contribution is 7.32. The summed E-state index contributed by atoms with van der Waals surface area (Å²) in [6, 6.07) is 8.49. The minimum atomic E-state index is -2.53. The molecule has 0 aliphatic carbocycles. The zero-order valence-electron chi connectivity index (χ0n) is 8.51. The van der Waals surface area contributed by atoms with Crippen LogP contribution in [0.2, 0.25) is 0 Å². The standard InChI is InChI=1S/C6H5O3P.C4H10/c7-10(8)9-6-4-2-1-3-5-6;1-3-4-2/h1-5H;3-4H2,1-2H3/p+1. The number of unbranched alkanes of at least 4 members (excludes halogenated alkanes) is 1. The van der Waals surface area contributed by atoms with Gasteiger partial charge in [-0.2, -0.15) is 0 Å². The van der Waals surface area contributed by atoms with Gasteiger partial charge in [0.2, 0.25) is 0 Å². The van der Waals surface area contributed by atoms with Crippen LogP contribution < -0.4 is 4.52 Å². The third kappa shape index (κ3) is 7.71. The van der Waals surface area contributed by atoms with Crippen LogP contribution in [0.25, 0.3) is 0 Å². The third-order valence-corrected chi connectivity index (χ3v) is 1.79. The number of hydrogen-bond acceptors (Lipinski definition) is 2. The minimum Gasteiger partial charge on any atom is -0.229 e. The second-order valence-electron chi connectivity index (χ2n) is 2.64. The van der Waals surface area contributed by atoms with E-state index in [2.05, 4.69) is 18.4 Å². The van der Waals surface area contributed by atoms with Crippen molar-refractivity contribution in [3.63, 3.8) is 0 Å². The molecule has 14 heavy (non-hydrogen) atoms. The lowest BCUT2D eigenvalue weighted by atomic mass is 10.3. The van der Waals surface area contributed by atoms with Gasteiger partial charge in [-0.15, -0.1) is 4.89 Å². The van der Waals surface area contributed by atoms with E-state index < -0.39 is 8.25 Å². The van der Waals surface area contributed by atoms with E-state index in [1.165, 1.54) is 12.8 Å². The van der Waals surface area contributed by atoms with E-state index in [1.807, 2.05) is 0 Å².